The van der Waals surface area contributed by atoms with Crippen molar-refractivity contribution in [3.63, 3.8) is 0 Å². The number of hydrogen-bond donors (Lipinski definition) is 0. The van der Waals surface area contributed by atoms with Crippen LogP contribution in [0.5, 0.6) is 0 Å². The number of hydrogen-bond acceptors (Lipinski definition) is 2. The van der Waals surface area contributed by atoms with E-state index in [0.717, 1.165) is 17.9 Å². The van der Waals surface area contributed by atoms with Gasteiger partial charge in [-0.1, -0.05) is 74.4 Å². The maximum atomic E-state index is 6.61. The molecule has 1 aromatic carbocycles. The van der Waals surface area contributed by atoms with Gasteiger partial charge in [0.15, 0.2) is 0 Å². The minimum absolute atomic E-state index is 0.0534. The molecule has 164 valence electrons. The van der Waals surface area contributed by atoms with Gasteiger partial charge in [-0.25, -0.2) is 9.66 Å². The van der Waals surface area contributed by atoms with E-state index in [1.165, 1.54) is 33.4 Å². The monoisotopic (exact) mass is 423 g/mol. The molecule has 3 nitrogen and oxygen atoms in total. The van der Waals surface area contributed by atoms with Gasteiger partial charge in [0, 0.05) is 11.8 Å². The Hall–Kier alpha value is -2.75. The lowest BCUT2D eigenvalue weighted by atomic mass is 9.91. The van der Waals surface area contributed by atoms with Gasteiger partial charge < -0.3 is 4.92 Å². The topological polar surface area (TPSA) is 21.1 Å². The van der Waals surface area contributed by atoms with Crippen LogP contribution in [0.4, 0.5) is 0 Å². The van der Waals surface area contributed by atoms with Gasteiger partial charge in [-0.2, -0.15) is 0 Å². The van der Waals surface area contributed by atoms with Crippen molar-refractivity contribution in [2.75, 3.05) is 4.92 Å². The fourth-order valence-corrected chi connectivity index (χ4v) is 4.93. The summed E-state index contributed by atoms with van der Waals surface area (Å²) in [5.74, 6) is 1.75. The van der Waals surface area contributed by atoms with Crippen molar-refractivity contribution >= 4 is 13.6 Å². The molecule has 32 heavy (non-hydrogen) atoms. The summed E-state index contributed by atoms with van der Waals surface area (Å²) in [6, 6.07) is 6.75. The zero-order valence-corrected chi connectivity index (χ0v) is 20.5. The van der Waals surface area contributed by atoms with Gasteiger partial charge >= 0.3 is 0 Å². The van der Waals surface area contributed by atoms with Gasteiger partial charge in [0.05, 0.1) is 17.3 Å². The first-order valence-electron chi connectivity index (χ1n) is 11.7. The Bertz CT molecular complexity index is 1160. The van der Waals surface area contributed by atoms with Crippen molar-refractivity contribution in [2.24, 2.45) is 5.92 Å². The molecule has 4 rings (SSSR count). The van der Waals surface area contributed by atoms with Crippen LogP contribution in [0.1, 0.15) is 77.8 Å². The Morgan fingerprint density at radius 2 is 2.03 bits per heavy atom. The average molecular weight is 423 g/mol. The third kappa shape index (κ3) is 3.60. The fraction of sp³-hybridized carbons (Fsp3) is 0.393. The van der Waals surface area contributed by atoms with Crippen molar-refractivity contribution in [1.29, 1.82) is 0 Å². The smallest absolute Gasteiger partial charge is 0.262 e. The van der Waals surface area contributed by atoms with Crippen LogP contribution in [0.15, 0.2) is 66.0 Å². The Balaban J connectivity index is 1.91. The molecule has 2 heterocycles. The molecule has 0 bridgehead atoms. The number of allylic oxidation sites excluding steroid dienone is 7. The van der Waals surface area contributed by atoms with Crippen LogP contribution in [-0.2, 0) is 5.41 Å². The van der Waals surface area contributed by atoms with Gasteiger partial charge in [-0.15, -0.1) is 0 Å². The lowest BCUT2D eigenvalue weighted by Crippen LogP contribution is -2.31. The first kappa shape index (κ1) is 22.4. The first-order valence-corrected chi connectivity index (χ1v) is 11.7. The molecule has 1 aliphatic carbocycles. The van der Waals surface area contributed by atoms with Crippen LogP contribution in [0.2, 0.25) is 0 Å². The van der Waals surface area contributed by atoms with Crippen molar-refractivity contribution in [3.8, 4) is 11.3 Å². The Morgan fingerprint density at radius 3 is 2.69 bits per heavy atom. The Kier molecular flexibility index (Phi) is 5.83. The lowest BCUT2D eigenvalue weighted by Gasteiger charge is -2.26. The molecule has 2 aromatic rings. The predicted octanol–water partition coefficient (Wildman–Crippen LogP) is 6.82. The van der Waals surface area contributed by atoms with Crippen molar-refractivity contribution in [2.45, 2.75) is 66.2 Å². The summed E-state index contributed by atoms with van der Waals surface area (Å²) in [6.07, 6.45) is 13.6. The van der Waals surface area contributed by atoms with E-state index in [2.05, 4.69) is 95.6 Å². The average Bonchev–Trinajstić information content (AvgIpc) is 3.26. The maximum Gasteiger partial charge on any atom is 0.262 e. The van der Waals surface area contributed by atoms with E-state index < -0.39 is 0 Å². The van der Waals surface area contributed by atoms with Crippen molar-refractivity contribution in [1.82, 2.24) is 9.66 Å². The first-order chi connectivity index (χ1) is 15.2. The number of imidazole rings is 1. The summed E-state index contributed by atoms with van der Waals surface area (Å²) in [5, 5.41) is 0. The van der Waals surface area contributed by atoms with E-state index >= 15 is 0 Å². The highest BCUT2D eigenvalue weighted by Gasteiger charge is 2.51. The van der Waals surface area contributed by atoms with Crippen LogP contribution >= 0.6 is 0 Å². The number of rotatable bonds is 4. The molecule has 2 aliphatic rings. The zero-order valence-electron chi connectivity index (χ0n) is 20.5. The largest absolute Gasteiger partial charge is 0.345 e. The van der Waals surface area contributed by atoms with E-state index in [4.69, 9.17) is 13.0 Å². The molecule has 0 saturated heterocycles. The van der Waals surface area contributed by atoms with E-state index in [0.29, 0.717) is 11.8 Å². The quantitative estimate of drug-likeness (QED) is 0.306. The van der Waals surface area contributed by atoms with E-state index in [9.17, 15) is 0 Å². The second-order valence-electron chi connectivity index (χ2n) is 9.66. The third-order valence-electron chi connectivity index (χ3n) is 7.16. The van der Waals surface area contributed by atoms with Crippen molar-refractivity contribution < 1.29 is 0 Å². The molecule has 2 atom stereocenters. The van der Waals surface area contributed by atoms with E-state index in [1.807, 2.05) is 12.4 Å². The SMILES string of the molecule is [B]N1/C=C\C(C)/C(C)=C2/CC2(C)c2ncc(-c3ccc(C(/C=C\C)=C/C)cc3C(C)C)n21. The highest BCUT2D eigenvalue weighted by atomic mass is 15.5. The predicted molar refractivity (Wildman–Crippen MR) is 137 cm³/mol. The fourth-order valence-electron chi connectivity index (χ4n) is 4.93. The van der Waals surface area contributed by atoms with E-state index in [1.54, 1.807) is 4.92 Å². The Labute approximate surface area is 194 Å². The van der Waals surface area contributed by atoms with Gasteiger partial charge in [-0.05, 0) is 62.7 Å². The van der Waals surface area contributed by atoms with Crippen LogP contribution in [0.3, 0.4) is 0 Å². The highest BCUT2D eigenvalue weighted by molar-refractivity contribution is 6.14. The standard InChI is InChI=1S/C28H34BN3/c1-8-10-21(9-2)22-11-12-23(24(15-22)18(3)4)26-17-30-27-28(7)16-25(28)20(6)19(5)13-14-31(29)32(26)27/h8-15,17-19H,16H2,1-7H3/b10-8-,14-13-,21-9+,25-20-. The number of aromatic nitrogens is 2. The molecule has 2 unspecified atom stereocenters. The Morgan fingerprint density at radius 1 is 1.28 bits per heavy atom. The number of nitrogens with zero attached hydrogens (tertiary/aromatic N) is 3. The summed E-state index contributed by atoms with van der Waals surface area (Å²) in [4.78, 5) is 6.65. The molecule has 0 amide bonds. The molecule has 2 radical (unpaired) electrons. The minimum atomic E-state index is -0.0534. The molecule has 1 saturated carbocycles. The number of fused-ring (bicyclic) bond motifs is 3. The van der Waals surface area contributed by atoms with Crippen LogP contribution in [-0.4, -0.2) is 17.6 Å². The summed E-state index contributed by atoms with van der Waals surface area (Å²) < 4.78 is 2.11. The normalized spacial score (nSPS) is 26.6. The molecule has 4 heteroatoms. The molecule has 1 aliphatic heterocycles. The lowest BCUT2D eigenvalue weighted by molar-refractivity contribution is 0.669. The molecular weight excluding hydrogens is 389 g/mol. The number of benzene rings is 1. The second-order valence-corrected chi connectivity index (χ2v) is 9.66. The van der Waals surface area contributed by atoms with Crippen LogP contribution in [0.25, 0.3) is 16.8 Å². The minimum Gasteiger partial charge on any atom is -0.345 e. The molecule has 0 spiro atoms. The van der Waals surface area contributed by atoms with Crippen molar-refractivity contribution in [3.05, 3.63) is 83.0 Å². The third-order valence-corrected chi connectivity index (χ3v) is 7.16. The molecule has 0 N–H and O–H groups in total. The van der Waals surface area contributed by atoms with Gasteiger partial charge in [0.25, 0.3) is 7.98 Å². The molecule has 1 fully saturated rings. The zero-order chi connectivity index (χ0) is 23.2. The molecule has 1 aromatic heterocycles. The van der Waals surface area contributed by atoms with Gasteiger partial charge in [0.1, 0.15) is 5.82 Å². The van der Waals surface area contributed by atoms with Gasteiger partial charge in [0.2, 0.25) is 0 Å². The van der Waals surface area contributed by atoms with Crippen LogP contribution in [0, 0.1) is 5.92 Å². The maximum absolute atomic E-state index is 6.61. The van der Waals surface area contributed by atoms with Crippen LogP contribution < -0.4 is 4.92 Å². The highest BCUT2D eigenvalue weighted by Crippen LogP contribution is 2.56. The summed E-state index contributed by atoms with van der Waals surface area (Å²) >= 11 is 0. The second kappa shape index (κ2) is 8.31. The summed E-state index contributed by atoms with van der Waals surface area (Å²) in [6.45, 7) is 15.4. The summed E-state index contributed by atoms with van der Waals surface area (Å²) in [7, 11) is 6.61. The van der Waals surface area contributed by atoms with Gasteiger partial charge in [-0.3, -0.25) is 0 Å². The van der Waals surface area contributed by atoms with E-state index in [-0.39, 0.29) is 5.41 Å². The summed E-state index contributed by atoms with van der Waals surface area (Å²) in [5.41, 5.74) is 8.85. The molecular formula is C28H34BN3.